The molecule has 0 spiro atoms. The van der Waals surface area contributed by atoms with E-state index in [0.717, 1.165) is 44.2 Å². The summed E-state index contributed by atoms with van der Waals surface area (Å²) in [5.74, 6) is 0.608. The molecule has 0 aliphatic carbocycles. The summed E-state index contributed by atoms with van der Waals surface area (Å²) >= 11 is 6.08. The van der Waals surface area contributed by atoms with E-state index in [2.05, 4.69) is 21.2 Å². The number of para-hydroxylation sites is 2. The SMILES string of the molecule is COc1ccccc1NC(=O)OCCCN1CCN(c2cccc(Cl)c2)CC1. The van der Waals surface area contributed by atoms with Gasteiger partial charge in [-0.05, 0) is 36.8 Å². The number of hydrogen-bond acceptors (Lipinski definition) is 5. The second-order valence-corrected chi connectivity index (χ2v) is 7.06. The number of nitrogens with zero attached hydrogens (tertiary/aromatic N) is 2. The maximum absolute atomic E-state index is 11.9. The average Bonchev–Trinajstić information content (AvgIpc) is 2.72. The molecule has 3 rings (SSSR count). The van der Waals surface area contributed by atoms with Gasteiger partial charge in [-0.3, -0.25) is 10.2 Å². The minimum absolute atomic E-state index is 0.384. The van der Waals surface area contributed by atoms with Crippen LogP contribution in [0.4, 0.5) is 16.2 Å². The third kappa shape index (κ3) is 5.78. The van der Waals surface area contributed by atoms with Gasteiger partial charge in [0.05, 0.1) is 19.4 Å². The van der Waals surface area contributed by atoms with Crippen molar-refractivity contribution in [2.45, 2.75) is 6.42 Å². The van der Waals surface area contributed by atoms with Crippen molar-refractivity contribution in [1.29, 1.82) is 0 Å². The fourth-order valence-electron chi connectivity index (χ4n) is 3.25. The Balaban J connectivity index is 1.33. The van der Waals surface area contributed by atoms with Gasteiger partial charge in [-0.2, -0.15) is 0 Å². The number of methoxy groups -OCH3 is 1. The van der Waals surface area contributed by atoms with Gasteiger partial charge < -0.3 is 14.4 Å². The lowest BCUT2D eigenvalue weighted by Crippen LogP contribution is -2.46. The zero-order valence-electron chi connectivity index (χ0n) is 16.1. The van der Waals surface area contributed by atoms with Gasteiger partial charge in [-0.15, -0.1) is 0 Å². The van der Waals surface area contributed by atoms with E-state index in [1.807, 2.05) is 30.3 Å². The zero-order chi connectivity index (χ0) is 19.8. The Hall–Kier alpha value is -2.44. The van der Waals surface area contributed by atoms with Gasteiger partial charge in [0.15, 0.2) is 0 Å². The van der Waals surface area contributed by atoms with E-state index in [1.54, 1.807) is 19.2 Å². The van der Waals surface area contributed by atoms with Crippen LogP contribution in [0.25, 0.3) is 0 Å². The molecule has 0 aromatic heterocycles. The molecule has 7 heteroatoms. The van der Waals surface area contributed by atoms with Crippen molar-refractivity contribution >= 4 is 29.1 Å². The number of hydrogen-bond donors (Lipinski definition) is 1. The zero-order valence-corrected chi connectivity index (χ0v) is 16.8. The smallest absolute Gasteiger partial charge is 0.411 e. The summed E-state index contributed by atoms with van der Waals surface area (Å²) in [5, 5.41) is 3.48. The second kappa shape index (κ2) is 10.2. The molecule has 150 valence electrons. The third-order valence-corrected chi connectivity index (χ3v) is 4.98. The molecule has 1 aliphatic heterocycles. The summed E-state index contributed by atoms with van der Waals surface area (Å²) in [6, 6.07) is 15.2. The van der Waals surface area contributed by atoms with Crippen LogP contribution in [-0.2, 0) is 4.74 Å². The van der Waals surface area contributed by atoms with Gasteiger partial charge in [0.1, 0.15) is 5.75 Å². The van der Waals surface area contributed by atoms with Crippen molar-refractivity contribution in [3.8, 4) is 5.75 Å². The molecule has 1 heterocycles. The number of anilines is 2. The molecule has 1 N–H and O–H groups in total. The van der Waals surface area contributed by atoms with E-state index in [-0.39, 0.29) is 0 Å². The van der Waals surface area contributed by atoms with Gasteiger partial charge in [-0.25, -0.2) is 4.79 Å². The monoisotopic (exact) mass is 403 g/mol. The first-order chi connectivity index (χ1) is 13.7. The third-order valence-electron chi connectivity index (χ3n) is 4.74. The molecule has 0 atom stereocenters. The Labute approximate surface area is 171 Å². The maximum atomic E-state index is 11.9. The first kappa shape index (κ1) is 20.3. The summed E-state index contributed by atoms with van der Waals surface area (Å²) in [6.45, 7) is 5.20. The quantitative estimate of drug-likeness (QED) is 0.705. The molecular formula is C21H26ClN3O3. The molecule has 2 aromatic rings. The summed E-state index contributed by atoms with van der Waals surface area (Å²) in [6.07, 6.45) is 0.339. The highest BCUT2D eigenvalue weighted by molar-refractivity contribution is 6.30. The van der Waals surface area contributed by atoms with E-state index >= 15 is 0 Å². The second-order valence-electron chi connectivity index (χ2n) is 6.62. The van der Waals surface area contributed by atoms with Crippen LogP contribution in [0.1, 0.15) is 6.42 Å². The van der Waals surface area contributed by atoms with Crippen molar-refractivity contribution in [3.63, 3.8) is 0 Å². The molecule has 1 saturated heterocycles. The molecule has 2 aromatic carbocycles. The molecule has 0 radical (unpaired) electrons. The molecule has 6 nitrogen and oxygen atoms in total. The molecule has 1 amide bonds. The van der Waals surface area contributed by atoms with Crippen molar-refractivity contribution in [3.05, 3.63) is 53.6 Å². The van der Waals surface area contributed by atoms with Gasteiger partial charge >= 0.3 is 6.09 Å². The number of amides is 1. The summed E-state index contributed by atoms with van der Waals surface area (Å²) in [5.41, 5.74) is 1.77. The topological polar surface area (TPSA) is 54.0 Å². The fourth-order valence-corrected chi connectivity index (χ4v) is 3.43. The minimum Gasteiger partial charge on any atom is -0.495 e. The van der Waals surface area contributed by atoms with Crippen LogP contribution in [-0.4, -0.2) is 57.4 Å². The lowest BCUT2D eigenvalue weighted by Gasteiger charge is -2.36. The van der Waals surface area contributed by atoms with Crippen LogP contribution in [0, 0.1) is 0 Å². The molecule has 0 saturated carbocycles. The van der Waals surface area contributed by atoms with Crippen LogP contribution >= 0.6 is 11.6 Å². The Morgan fingerprint density at radius 1 is 1.11 bits per heavy atom. The van der Waals surface area contributed by atoms with E-state index in [4.69, 9.17) is 21.1 Å². The highest BCUT2D eigenvalue weighted by Crippen LogP contribution is 2.23. The van der Waals surface area contributed by atoms with E-state index in [1.165, 1.54) is 5.69 Å². The number of carbonyl (C=O) groups is 1. The molecule has 1 aliphatic rings. The summed E-state index contributed by atoms with van der Waals surface area (Å²) < 4.78 is 10.5. The number of halogens is 1. The number of nitrogens with one attached hydrogen (secondary N) is 1. The minimum atomic E-state index is -0.463. The van der Waals surface area contributed by atoms with Crippen LogP contribution in [0.15, 0.2) is 48.5 Å². The lowest BCUT2D eigenvalue weighted by molar-refractivity contribution is 0.151. The number of benzene rings is 2. The van der Waals surface area contributed by atoms with E-state index in [9.17, 15) is 4.79 Å². The largest absolute Gasteiger partial charge is 0.495 e. The summed E-state index contributed by atoms with van der Waals surface area (Å²) in [7, 11) is 1.57. The average molecular weight is 404 g/mol. The fraction of sp³-hybridized carbons (Fsp3) is 0.381. The van der Waals surface area contributed by atoms with Gasteiger partial charge in [-0.1, -0.05) is 29.8 Å². The Bertz CT molecular complexity index is 779. The normalized spacial score (nSPS) is 14.6. The standard InChI is InChI=1S/C21H26ClN3O3/c1-27-20-9-3-2-8-19(20)23-21(26)28-15-5-10-24-11-13-25(14-12-24)18-7-4-6-17(22)16-18/h2-4,6-9,16H,5,10-15H2,1H3,(H,23,26). The number of ether oxygens (including phenoxy) is 2. The van der Waals surface area contributed by atoms with E-state index in [0.29, 0.717) is 18.0 Å². The molecule has 28 heavy (non-hydrogen) atoms. The van der Waals surface area contributed by atoms with Crippen molar-refractivity contribution in [1.82, 2.24) is 4.90 Å². The van der Waals surface area contributed by atoms with Crippen LogP contribution in [0.3, 0.4) is 0 Å². The highest BCUT2D eigenvalue weighted by atomic mass is 35.5. The summed E-state index contributed by atoms with van der Waals surface area (Å²) in [4.78, 5) is 16.7. The van der Waals surface area contributed by atoms with Gasteiger partial charge in [0.2, 0.25) is 0 Å². The van der Waals surface area contributed by atoms with Crippen LogP contribution < -0.4 is 15.0 Å². The molecule has 0 unspecified atom stereocenters. The molecule has 0 bridgehead atoms. The predicted molar refractivity (Wildman–Crippen MR) is 113 cm³/mol. The Kier molecular flexibility index (Phi) is 7.39. The number of rotatable bonds is 7. The van der Waals surface area contributed by atoms with Crippen molar-refractivity contribution < 1.29 is 14.3 Å². The maximum Gasteiger partial charge on any atom is 0.411 e. The highest BCUT2D eigenvalue weighted by Gasteiger charge is 2.17. The van der Waals surface area contributed by atoms with Crippen LogP contribution in [0.2, 0.25) is 5.02 Å². The van der Waals surface area contributed by atoms with Crippen LogP contribution in [0.5, 0.6) is 5.75 Å². The van der Waals surface area contributed by atoms with Gasteiger partial charge in [0, 0.05) is 43.4 Å². The molecular weight excluding hydrogens is 378 g/mol. The Morgan fingerprint density at radius 2 is 1.89 bits per heavy atom. The molecule has 1 fully saturated rings. The Morgan fingerprint density at radius 3 is 2.64 bits per heavy atom. The number of carbonyl (C=O) groups excluding carboxylic acids is 1. The first-order valence-electron chi connectivity index (χ1n) is 9.45. The van der Waals surface area contributed by atoms with Crippen molar-refractivity contribution in [2.75, 3.05) is 56.7 Å². The number of piperazine rings is 1. The first-order valence-corrected chi connectivity index (χ1v) is 9.83. The van der Waals surface area contributed by atoms with E-state index < -0.39 is 6.09 Å². The predicted octanol–water partition coefficient (Wildman–Crippen LogP) is 4.11. The van der Waals surface area contributed by atoms with Gasteiger partial charge in [0.25, 0.3) is 0 Å². The van der Waals surface area contributed by atoms with Crippen molar-refractivity contribution in [2.24, 2.45) is 0 Å². The lowest BCUT2D eigenvalue weighted by atomic mass is 10.2.